The smallest absolute Gasteiger partial charge is 0.295 e. The van der Waals surface area contributed by atoms with E-state index in [4.69, 9.17) is 0 Å². The molecule has 5 rings (SSSR count). The Balaban J connectivity index is 1.28. The Morgan fingerprint density at radius 3 is 2.27 bits per heavy atom. The molecule has 0 aliphatic carbocycles. The number of rotatable bonds is 5. The van der Waals surface area contributed by atoms with Gasteiger partial charge in [-0.3, -0.25) is 14.4 Å². The van der Waals surface area contributed by atoms with E-state index in [0.717, 1.165) is 43.4 Å². The summed E-state index contributed by atoms with van der Waals surface area (Å²) in [4.78, 5) is 48.4. The summed E-state index contributed by atoms with van der Waals surface area (Å²) < 4.78 is 13.2. The molecule has 3 aromatic rings. The highest BCUT2D eigenvalue weighted by atomic mass is 19.1. The molecule has 1 N–H and O–H groups in total. The van der Waals surface area contributed by atoms with Crippen LogP contribution < -0.4 is 0 Å². The molecule has 0 spiro atoms. The molecule has 0 radical (unpaired) electrons. The number of nitrogens with zero attached hydrogens (tertiary/aromatic N) is 3. The number of benzene rings is 2. The lowest BCUT2D eigenvalue weighted by molar-refractivity contribution is -0.127. The van der Waals surface area contributed by atoms with Crippen LogP contribution in [0.2, 0.25) is 0 Å². The topological polar surface area (TPSA) is 76.7 Å². The van der Waals surface area contributed by atoms with Gasteiger partial charge in [-0.05, 0) is 75.0 Å². The van der Waals surface area contributed by atoms with E-state index in [0.29, 0.717) is 54.3 Å². The first-order chi connectivity index (χ1) is 17.8. The van der Waals surface area contributed by atoms with Crippen LogP contribution in [-0.4, -0.2) is 83.6 Å². The third kappa shape index (κ3) is 5.30. The van der Waals surface area contributed by atoms with Gasteiger partial charge >= 0.3 is 0 Å². The molecule has 3 heterocycles. The fourth-order valence-corrected chi connectivity index (χ4v) is 5.49. The molecule has 2 aliphatic rings. The van der Waals surface area contributed by atoms with Crippen molar-refractivity contribution in [1.82, 2.24) is 19.7 Å². The van der Waals surface area contributed by atoms with Crippen molar-refractivity contribution in [2.45, 2.75) is 26.2 Å². The van der Waals surface area contributed by atoms with Crippen LogP contribution in [0.3, 0.4) is 0 Å². The summed E-state index contributed by atoms with van der Waals surface area (Å²) in [6.45, 7) is 5.64. The van der Waals surface area contributed by atoms with Gasteiger partial charge in [-0.25, -0.2) is 4.39 Å². The van der Waals surface area contributed by atoms with Crippen molar-refractivity contribution in [3.05, 3.63) is 70.7 Å². The molecule has 2 aliphatic heterocycles. The van der Waals surface area contributed by atoms with Crippen molar-refractivity contribution >= 4 is 28.5 Å². The predicted octanol–water partition coefficient (Wildman–Crippen LogP) is 3.67. The highest BCUT2D eigenvalue weighted by Gasteiger charge is 2.30. The van der Waals surface area contributed by atoms with E-state index in [9.17, 15) is 18.8 Å². The van der Waals surface area contributed by atoms with E-state index in [1.54, 1.807) is 24.0 Å². The highest BCUT2D eigenvalue weighted by Crippen LogP contribution is 2.27. The molecule has 1 aromatic heterocycles. The zero-order valence-corrected chi connectivity index (χ0v) is 21.4. The second-order valence-electron chi connectivity index (χ2n) is 10.4. The van der Waals surface area contributed by atoms with Crippen LogP contribution in [0.15, 0.2) is 42.5 Å². The average Bonchev–Trinajstić information content (AvgIpc) is 3.24. The number of likely N-dealkylation sites (tertiary alicyclic amines) is 1. The molecule has 2 aromatic carbocycles. The molecule has 0 atom stereocenters. The fourth-order valence-electron chi connectivity index (χ4n) is 5.49. The normalized spacial score (nSPS) is 17.4. The lowest BCUT2D eigenvalue weighted by Crippen LogP contribution is -2.49. The van der Waals surface area contributed by atoms with Crippen molar-refractivity contribution in [3.63, 3.8) is 0 Å². The van der Waals surface area contributed by atoms with Crippen LogP contribution in [0, 0.1) is 18.7 Å². The second-order valence-corrected chi connectivity index (χ2v) is 10.4. The number of halogens is 1. The Morgan fingerprint density at radius 2 is 1.59 bits per heavy atom. The molecule has 194 valence electrons. The van der Waals surface area contributed by atoms with Gasteiger partial charge in [-0.1, -0.05) is 12.1 Å². The third-order valence-electron chi connectivity index (χ3n) is 7.78. The van der Waals surface area contributed by atoms with E-state index < -0.39 is 11.7 Å². The summed E-state index contributed by atoms with van der Waals surface area (Å²) in [5.41, 5.74) is 3.36. The Kier molecular flexibility index (Phi) is 7.11. The van der Waals surface area contributed by atoms with Crippen LogP contribution in [-0.2, 0) is 11.2 Å². The lowest BCUT2D eigenvalue weighted by Gasteiger charge is -2.32. The summed E-state index contributed by atoms with van der Waals surface area (Å²) in [6, 6.07) is 12.0. The van der Waals surface area contributed by atoms with E-state index in [-0.39, 0.29) is 11.7 Å². The summed E-state index contributed by atoms with van der Waals surface area (Å²) >= 11 is 0. The number of ketones is 1. The number of amides is 2. The van der Waals surface area contributed by atoms with E-state index in [1.807, 2.05) is 30.1 Å². The maximum atomic E-state index is 13.4. The number of hydrogen-bond acceptors (Lipinski definition) is 4. The van der Waals surface area contributed by atoms with Gasteiger partial charge in [0, 0.05) is 61.4 Å². The number of fused-ring (bicyclic) bond motifs is 1. The minimum atomic E-state index is -0.528. The minimum absolute atomic E-state index is 0.0650. The van der Waals surface area contributed by atoms with Crippen LogP contribution in [0.1, 0.15) is 44.8 Å². The number of piperazine rings is 1. The number of aromatic amines is 1. The molecule has 0 saturated carbocycles. The van der Waals surface area contributed by atoms with Gasteiger partial charge in [-0.2, -0.15) is 0 Å². The first kappa shape index (κ1) is 25.1. The summed E-state index contributed by atoms with van der Waals surface area (Å²) in [5, 5.41) is 0.613. The van der Waals surface area contributed by atoms with Gasteiger partial charge in [0.1, 0.15) is 5.82 Å². The van der Waals surface area contributed by atoms with Gasteiger partial charge in [0.05, 0.1) is 5.56 Å². The van der Waals surface area contributed by atoms with Crippen molar-refractivity contribution in [3.8, 4) is 0 Å². The Hall–Kier alpha value is -3.52. The Morgan fingerprint density at radius 1 is 0.919 bits per heavy atom. The first-order valence-electron chi connectivity index (χ1n) is 13.0. The number of H-pyrrole nitrogens is 1. The van der Waals surface area contributed by atoms with Crippen LogP contribution in [0.25, 0.3) is 10.9 Å². The molecule has 2 saturated heterocycles. The monoisotopic (exact) mass is 504 g/mol. The second kappa shape index (κ2) is 10.5. The number of hydrogen-bond donors (Lipinski definition) is 1. The van der Waals surface area contributed by atoms with Crippen LogP contribution >= 0.6 is 0 Å². The highest BCUT2D eigenvalue weighted by molar-refractivity contribution is 6.45. The number of Topliss-reactive ketones (excluding diaryl/α,β-unsaturated/α-hetero) is 1. The molecule has 0 bridgehead atoms. The molecule has 7 nitrogen and oxygen atoms in total. The van der Waals surface area contributed by atoms with Gasteiger partial charge in [0.25, 0.3) is 17.6 Å². The molecular formula is C29H33FN4O3. The lowest BCUT2D eigenvalue weighted by atomic mass is 9.90. The molecule has 2 fully saturated rings. The first-order valence-corrected chi connectivity index (χ1v) is 13.0. The molecule has 37 heavy (non-hydrogen) atoms. The molecular weight excluding hydrogens is 471 g/mol. The predicted molar refractivity (Wildman–Crippen MR) is 140 cm³/mol. The van der Waals surface area contributed by atoms with Crippen molar-refractivity contribution in [2.75, 3.05) is 46.3 Å². The Labute approximate surface area is 216 Å². The fraction of sp³-hybridized carbons (Fsp3) is 0.414. The van der Waals surface area contributed by atoms with Crippen LogP contribution in [0.4, 0.5) is 4.39 Å². The number of aryl methyl sites for hydroxylation is 1. The SMILES string of the molecule is Cc1[nH]c2ccc(C(=O)N3CCC(Cc4ccc(F)cc4)CC3)cc2c1C(=O)C(=O)N1CCN(C)CC1. The van der Waals surface area contributed by atoms with Gasteiger partial charge < -0.3 is 19.7 Å². The van der Waals surface area contributed by atoms with Gasteiger partial charge in [-0.15, -0.1) is 0 Å². The van der Waals surface area contributed by atoms with Crippen molar-refractivity contribution in [1.29, 1.82) is 0 Å². The van der Waals surface area contributed by atoms with E-state index in [1.165, 1.54) is 12.1 Å². The zero-order valence-electron chi connectivity index (χ0n) is 21.4. The maximum absolute atomic E-state index is 13.4. The van der Waals surface area contributed by atoms with Gasteiger partial charge in [0.15, 0.2) is 0 Å². The van der Waals surface area contributed by atoms with E-state index >= 15 is 0 Å². The summed E-state index contributed by atoms with van der Waals surface area (Å²) in [7, 11) is 2.00. The van der Waals surface area contributed by atoms with Crippen LogP contribution in [0.5, 0.6) is 0 Å². The third-order valence-corrected chi connectivity index (χ3v) is 7.78. The summed E-state index contributed by atoms with van der Waals surface area (Å²) in [5.74, 6) is -0.859. The minimum Gasteiger partial charge on any atom is -0.358 e. The standard InChI is InChI=1S/C29H33FN4O3/c1-19-26(27(35)29(37)34-15-13-32(2)14-16-34)24-18-22(5-8-25(24)31-19)28(36)33-11-9-21(10-12-33)17-20-3-6-23(30)7-4-20/h3-8,18,21,31H,9-17H2,1-2H3. The molecule has 0 unspecified atom stereocenters. The number of aromatic nitrogens is 1. The average molecular weight is 505 g/mol. The largest absolute Gasteiger partial charge is 0.358 e. The molecule has 2 amide bonds. The zero-order chi connectivity index (χ0) is 26.1. The summed E-state index contributed by atoms with van der Waals surface area (Å²) in [6.07, 6.45) is 2.65. The number of carbonyl (C=O) groups is 3. The van der Waals surface area contributed by atoms with Gasteiger partial charge in [0.2, 0.25) is 0 Å². The molecule has 8 heteroatoms. The Bertz CT molecular complexity index is 1320. The number of piperidine rings is 1. The maximum Gasteiger partial charge on any atom is 0.295 e. The van der Waals surface area contributed by atoms with Crippen molar-refractivity contribution < 1.29 is 18.8 Å². The number of nitrogens with one attached hydrogen (secondary N) is 1. The van der Waals surface area contributed by atoms with Crippen molar-refractivity contribution in [2.24, 2.45) is 5.92 Å². The van der Waals surface area contributed by atoms with E-state index in [2.05, 4.69) is 9.88 Å². The number of likely N-dealkylation sites (N-methyl/N-ethyl adjacent to an activating group) is 1. The number of carbonyl (C=O) groups excluding carboxylic acids is 3. The quantitative estimate of drug-likeness (QED) is 0.425.